The number of ketones is 1. The van der Waals surface area contributed by atoms with Crippen LogP contribution < -0.4 is 0 Å². The molecule has 1 aromatic carbocycles. The summed E-state index contributed by atoms with van der Waals surface area (Å²) in [6.07, 6.45) is 5.67. The molecule has 0 bridgehead atoms. The lowest BCUT2D eigenvalue weighted by Gasteiger charge is -2.40. The molecule has 2 aromatic rings. The molecule has 0 spiro atoms. The van der Waals surface area contributed by atoms with E-state index in [2.05, 4.69) is 0 Å². The van der Waals surface area contributed by atoms with E-state index in [1.807, 2.05) is 53.2 Å². The van der Waals surface area contributed by atoms with Crippen molar-refractivity contribution in [3.8, 4) is 11.3 Å². The molecule has 1 saturated carbocycles. The standard InChI is InChI=1S/C22H25NO5/c1-27-20(25)18(21(26)28-2)19(24)22(13-7-4-8-14-22)23-15-9-12-17(23)16-10-5-3-6-11-16/h3,5-6,9-12,15,18H,4,7-8,13-14H2,1-2H3. The molecule has 6 heteroatoms. The van der Waals surface area contributed by atoms with Gasteiger partial charge in [0.1, 0.15) is 5.54 Å². The smallest absolute Gasteiger partial charge is 0.327 e. The number of hydrogen-bond donors (Lipinski definition) is 0. The second-order valence-electron chi connectivity index (χ2n) is 7.07. The number of methoxy groups -OCH3 is 2. The molecule has 0 radical (unpaired) electrons. The third-order valence-electron chi connectivity index (χ3n) is 5.55. The van der Waals surface area contributed by atoms with Gasteiger partial charge in [-0.1, -0.05) is 49.6 Å². The zero-order valence-electron chi connectivity index (χ0n) is 16.2. The van der Waals surface area contributed by atoms with Gasteiger partial charge in [-0.2, -0.15) is 0 Å². The molecule has 1 aliphatic carbocycles. The van der Waals surface area contributed by atoms with Gasteiger partial charge in [0.15, 0.2) is 5.78 Å². The summed E-state index contributed by atoms with van der Waals surface area (Å²) in [5.74, 6) is -3.80. The molecule has 0 atom stereocenters. The lowest BCUT2D eigenvalue weighted by Crippen LogP contribution is -2.51. The number of hydrogen-bond acceptors (Lipinski definition) is 5. The summed E-state index contributed by atoms with van der Waals surface area (Å²) < 4.78 is 11.4. The van der Waals surface area contributed by atoms with Crippen LogP contribution in [0.2, 0.25) is 0 Å². The van der Waals surface area contributed by atoms with E-state index in [1.165, 1.54) is 14.2 Å². The molecule has 1 aromatic heterocycles. The Morgan fingerprint density at radius 3 is 2.07 bits per heavy atom. The van der Waals surface area contributed by atoms with E-state index in [-0.39, 0.29) is 0 Å². The first-order chi connectivity index (χ1) is 13.5. The molecule has 1 fully saturated rings. The van der Waals surface area contributed by atoms with Crippen LogP contribution in [0.25, 0.3) is 11.3 Å². The fourth-order valence-corrected chi connectivity index (χ4v) is 4.16. The number of carbonyl (C=O) groups is 3. The van der Waals surface area contributed by atoms with Gasteiger partial charge in [0, 0.05) is 11.9 Å². The third-order valence-corrected chi connectivity index (χ3v) is 5.55. The second kappa shape index (κ2) is 8.42. The Hall–Kier alpha value is -2.89. The molecule has 6 nitrogen and oxygen atoms in total. The fraction of sp³-hybridized carbons (Fsp3) is 0.409. The van der Waals surface area contributed by atoms with Gasteiger partial charge >= 0.3 is 11.9 Å². The Morgan fingerprint density at radius 2 is 1.50 bits per heavy atom. The van der Waals surface area contributed by atoms with E-state index in [1.54, 1.807) is 0 Å². The highest BCUT2D eigenvalue weighted by atomic mass is 16.5. The van der Waals surface area contributed by atoms with Crippen molar-refractivity contribution in [3.63, 3.8) is 0 Å². The highest BCUT2D eigenvalue weighted by Gasteiger charge is 2.50. The van der Waals surface area contributed by atoms with Gasteiger partial charge in [-0.25, -0.2) is 0 Å². The van der Waals surface area contributed by atoms with E-state index in [0.29, 0.717) is 12.8 Å². The topological polar surface area (TPSA) is 74.6 Å². The molecule has 28 heavy (non-hydrogen) atoms. The predicted octanol–water partition coefficient (Wildman–Crippen LogP) is 3.35. The zero-order chi connectivity index (χ0) is 20.1. The van der Waals surface area contributed by atoms with Gasteiger partial charge < -0.3 is 14.0 Å². The maximum absolute atomic E-state index is 13.7. The van der Waals surface area contributed by atoms with Crippen molar-refractivity contribution >= 4 is 17.7 Å². The van der Waals surface area contributed by atoms with Crippen molar-refractivity contribution in [2.45, 2.75) is 37.6 Å². The molecular formula is C22H25NO5. The first-order valence-corrected chi connectivity index (χ1v) is 9.48. The van der Waals surface area contributed by atoms with Gasteiger partial charge in [0.05, 0.1) is 14.2 Å². The number of rotatable bonds is 6. The lowest BCUT2D eigenvalue weighted by atomic mass is 9.74. The number of benzene rings is 1. The van der Waals surface area contributed by atoms with Crippen LogP contribution in [-0.2, 0) is 29.4 Å². The van der Waals surface area contributed by atoms with Crippen LogP contribution >= 0.6 is 0 Å². The van der Waals surface area contributed by atoms with Gasteiger partial charge in [-0.05, 0) is 30.5 Å². The number of nitrogens with zero attached hydrogens (tertiary/aromatic N) is 1. The van der Waals surface area contributed by atoms with Crippen molar-refractivity contribution in [2.75, 3.05) is 14.2 Å². The minimum Gasteiger partial charge on any atom is -0.468 e. The number of Topliss-reactive ketones (excluding diaryl/α,β-unsaturated/α-hetero) is 1. The third kappa shape index (κ3) is 3.46. The molecule has 0 unspecified atom stereocenters. The number of carbonyl (C=O) groups excluding carboxylic acids is 3. The molecule has 148 valence electrons. The second-order valence-corrected chi connectivity index (χ2v) is 7.07. The van der Waals surface area contributed by atoms with E-state index in [4.69, 9.17) is 9.47 Å². The number of ether oxygens (including phenoxy) is 2. The Morgan fingerprint density at radius 1 is 0.893 bits per heavy atom. The summed E-state index contributed by atoms with van der Waals surface area (Å²) in [4.78, 5) is 38.3. The van der Waals surface area contributed by atoms with Crippen molar-refractivity contribution in [3.05, 3.63) is 48.7 Å². The lowest BCUT2D eigenvalue weighted by molar-refractivity contribution is -0.164. The van der Waals surface area contributed by atoms with E-state index in [9.17, 15) is 14.4 Å². The summed E-state index contributed by atoms with van der Waals surface area (Å²) >= 11 is 0. The number of esters is 2. The Balaban J connectivity index is 2.12. The van der Waals surface area contributed by atoms with Crippen LogP contribution in [0.1, 0.15) is 32.1 Å². The molecule has 0 N–H and O–H groups in total. The quantitative estimate of drug-likeness (QED) is 0.565. The first-order valence-electron chi connectivity index (χ1n) is 9.48. The van der Waals surface area contributed by atoms with Crippen LogP contribution in [0, 0.1) is 5.92 Å². The van der Waals surface area contributed by atoms with Gasteiger partial charge in [-0.15, -0.1) is 0 Å². The largest absolute Gasteiger partial charge is 0.468 e. The van der Waals surface area contributed by atoms with Crippen LogP contribution in [0.3, 0.4) is 0 Å². The minimum atomic E-state index is -1.58. The van der Waals surface area contributed by atoms with Gasteiger partial charge in [0.2, 0.25) is 5.92 Å². The fourth-order valence-electron chi connectivity index (χ4n) is 4.16. The summed E-state index contributed by atoms with van der Waals surface area (Å²) in [5.41, 5.74) is 0.863. The zero-order valence-corrected chi connectivity index (χ0v) is 16.2. The molecule has 1 aliphatic rings. The summed E-state index contributed by atoms with van der Waals surface area (Å²) in [6, 6.07) is 13.6. The normalized spacial score (nSPS) is 15.8. The Bertz CT molecular complexity index is 833. The summed E-state index contributed by atoms with van der Waals surface area (Å²) in [7, 11) is 2.34. The van der Waals surface area contributed by atoms with Crippen molar-refractivity contribution in [1.29, 1.82) is 0 Å². The van der Waals surface area contributed by atoms with Crippen molar-refractivity contribution < 1.29 is 23.9 Å². The maximum Gasteiger partial charge on any atom is 0.327 e. The maximum atomic E-state index is 13.7. The van der Waals surface area contributed by atoms with Gasteiger partial charge in [0.25, 0.3) is 0 Å². The monoisotopic (exact) mass is 383 g/mol. The molecular weight excluding hydrogens is 358 g/mol. The van der Waals surface area contributed by atoms with Crippen LogP contribution in [0.4, 0.5) is 0 Å². The molecule has 3 rings (SSSR count). The van der Waals surface area contributed by atoms with Crippen molar-refractivity contribution in [1.82, 2.24) is 4.57 Å². The molecule has 0 aliphatic heterocycles. The SMILES string of the molecule is COC(=O)C(C(=O)OC)C(=O)C1(n2cccc2-c2ccccc2)CCCCC1. The van der Waals surface area contributed by atoms with Gasteiger partial charge in [-0.3, -0.25) is 14.4 Å². The van der Waals surface area contributed by atoms with Crippen LogP contribution in [0.15, 0.2) is 48.7 Å². The minimum absolute atomic E-state index is 0.459. The van der Waals surface area contributed by atoms with E-state index < -0.39 is 29.2 Å². The van der Waals surface area contributed by atoms with E-state index >= 15 is 0 Å². The van der Waals surface area contributed by atoms with Crippen LogP contribution in [0.5, 0.6) is 0 Å². The average Bonchev–Trinajstić information content (AvgIpc) is 3.25. The molecule has 1 heterocycles. The number of aromatic nitrogens is 1. The van der Waals surface area contributed by atoms with E-state index in [0.717, 1.165) is 30.5 Å². The predicted molar refractivity (Wildman–Crippen MR) is 103 cm³/mol. The van der Waals surface area contributed by atoms with Crippen molar-refractivity contribution in [2.24, 2.45) is 5.92 Å². The molecule has 0 saturated heterocycles. The Kier molecular flexibility index (Phi) is 5.97. The first kappa shape index (κ1) is 19.9. The summed E-state index contributed by atoms with van der Waals surface area (Å²) in [6.45, 7) is 0. The Labute approximate surface area is 164 Å². The highest BCUT2D eigenvalue weighted by molar-refractivity contribution is 6.17. The molecule has 0 amide bonds. The average molecular weight is 383 g/mol. The summed E-state index contributed by atoms with van der Waals surface area (Å²) in [5, 5.41) is 0. The highest BCUT2D eigenvalue weighted by Crippen LogP contribution is 2.41. The van der Waals surface area contributed by atoms with Crippen LogP contribution in [-0.4, -0.2) is 36.5 Å².